The van der Waals surface area contributed by atoms with E-state index >= 15 is 0 Å². The Balaban J connectivity index is 2.64. The molecule has 0 aromatic rings. The van der Waals surface area contributed by atoms with Gasteiger partial charge in [0.1, 0.15) is 4.33 Å². The van der Waals surface area contributed by atoms with Gasteiger partial charge in [-0.05, 0) is 6.92 Å². The molecule has 0 bridgehead atoms. The van der Waals surface area contributed by atoms with Crippen molar-refractivity contribution >= 4 is 29.2 Å². The first kappa shape index (κ1) is 10.1. The molecular formula is C8H12Cl2O2. The third kappa shape index (κ3) is 1.21. The van der Waals surface area contributed by atoms with Gasteiger partial charge in [-0.15, -0.1) is 23.2 Å². The minimum Gasteiger partial charge on any atom is -0.466 e. The maximum atomic E-state index is 11.2. The zero-order valence-electron chi connectivity index (χ0n) is 7.36. The van der Waals surface area contributed by atoms with E-state index in [1.807, 2.05) is 13.8 Å². The summed E-state index contributed by atoms with van der Waals surface area (Å²) in [6.45, 7) is 5.84. The highest BCUT2D eigenvalue weighted by molar-refractivity contribution is 6.53. The Hall–Kier alpha value is 0.0500. The Morgan fingerprint density at radius 1 is 1.50 bits per heavy atom. The van der Waals surface area contributed by atoms with Crippen molar-refractivity contribution in [3.05, 3.63) is 0 Å². The fourth-order valence-electron chi connectivity index (χ4n) is 1.33. The molecule has 1 aliphatic carbocycles. The quantitative estimate of drug-likeness (QED) is 0.517. The molecule has 0 unspecified atom stereocenters. The molecule has 1 atom stereocenters. The third-order valence-corrected chi connectivity index (χ3v) is 3.79. The zero-order chi connectivity index (χ0) is 9.57. The van der Waals surface area contributed by atoms with Crippen LogP contribution in [0.15, 0.2) is 0 Å². The lowest BCUT2D eigenvalue weighted by atomic mass is 10.1. The summed E-state index contributed by atoms with van der Waals surface area (Å²) in [5.74, 6) is -0.680. The molecule has 0 saturated heterocycles. The largest absolute Gasteiger partial charge is 0.466 e. The molecule has 4 heteroatoms. The summed E-state index contributed by atoms with van der Waals surface area (Å²) in [7, 11) is 0. The minimum absolute atomic E-state index is 0.299. The number of ether oxygens (including phenoxy) is 1. The van der Waals surface area contributed by atoms with E-state index < -0.39 is 4.33 Å². The van der Waals surface area contributed by atoms with Crippen molar-refractivity contribution in [2.24, 2.45) is 11.3 Å². The van der Waals surface area contributed by atoms with E-state index in [0.29, 0.717) is 6.61 Å². The summed E-state index contributed by atoms with van der Waals surface area (Å²) in [5.41, 5.74) is -0.359. The van der Waals surface area contributed by atoms with Crippen LogP contribution in [0.1, 0.15) is 20.8 Å². The van der Waals surface area contributed by atoms with E-state index in [4.69, 9.17) is 27.9 Å². The first-order valence-corrected chi connectivity index (χ1v) is 4.65. The van der Waals surface area contributed by atoms with Crippen molar-refractivity contribution in [1.82, 2.24) is 0 Å². The average Bonchev–Trinajstić information content (AvgIpc) is 2.24. The predicted octanol–water partition coefficient (Wildman–Crippen LogP) is 2.38. The first-order chi connectivity index (χ1) is 5.35. The van der Waals surface area contributed by atoms with Crippen LogP contribution < -0.4 is 0 Å². The molecule has 0 amide bonds. The number of rotatable bonds is 2. The number of hydrogen-bond acceptors (Lipinski definition) is 2. The van der Waals surface area contributed by atoms with Crippen molar-refractivity contribution in [2.45, 2.75) is 25.1 Å². The normalized spacial score (nSPS) is 29.6. The summed E-state index contributed by atoms with van der Waals surface area (Å²) in [4.78, 5) is 11.2. The van der Waals surface area contributed by atoms with Crippen LogP contribution in [-0.2, 0) is 9.53 Å². The molecule has 1 fully saturated rings. The molecular weight excluding hydrogens is 199 g/mol. The van der Waals surface area contributed by atoms with Crippen LogP contribution in [0, 0.1) is 11.3 Å². The maximum Gasteiger partial charge on any atom is 0.312 e. The van der Waals surface area contributed by atoms with Gasteiger partial charge in [-0.2, -0.15) is 0 Å². The van der Waals surface area contributed by atoms with Crippen molar-refractivity contribution in [2.75, 3.05) is 6.61 Å². The van der Waals surface area contributed by atoms with Crippen LogP contribution in [0.2, 0.25) is 0 Å². The van der Waals surface area contributed by atoms with Gasteiger partial charge in [-0.3, -0.25) is 4.79 Å². The van der Waals surface area contributed by atoms with Crippen LogP contribution in [0.4, 0.5) is 0 Å². The van der Waals surface area contributed by atoms with Crippen molar-refractivity contribution in [1.29, 1.82) is 0 Å². The number of carbonyl (C=O) groups excluding carboxylic acids is 1. The number of alkyl halides is 2. The second kappa shape index (κ2) is 2.78. The molecule has 1 aliphatic rings. The Morgan fingerprint density at radius 3 is 2.17 bits per heavy atom. The Bertz CT molecular complexity index is 197. The highest BCUT2D eigenvalue weighted by atomic mass is 35.5. The number of halogens is 2. The molecule has 0 aromatic heterocycles. The van der Waals surface area contributed by atoms with Crippen molar-refractivity contribution in [3.8, 4) is 0 Å². The topological polar surface area (TPSA) is 26.3 Å². The van der Waals surface area contributed by atoms with Gasteiger partial charge < -0.3 is 4.74 Å². The van der Waals surface area contributed by atoms with Crippen LogP contribution in [0.5, 0.6) is 0 Å². The lowest BCUT2D eigenvalue weighted by Crippen LogP contribution is -2.11. The number of esters is 1. The van der Waals surface area contributed by atoms with E-state index in [0.717, 1.165) is 0 Å². The molecule has 0 spiro atoms. The standard InChI is InChI=1S/C8H12Cl2O2/c1-4-12-6(11)5-7(2,3)8(5,9)10/h5H,4H2,1-3H3/t5-/m0/s1. The summed E-state index contributed by atoms with van der Waals surface area (Å²) >= 11 is 11.8. The highest BCUT2D eigenvalue weighted by Gasteiger charge is 2.74. The van der Waals surface area contributed by atoms with Gasteiger partial charge in [0.25, 0.3) is 0 Å². The zero-order valence-corrected chi connectivity index (χ0v) is 8.87. The van der Waals surface area contributed by atoms with Crippen molar-refractivity contribution in [3.63, 3.8) is 0 Å². The molecule has 70 valence electrons. The maximum absolute atomic E-state index is 11.2. The van der Waals surface area contributed by atoms with E-state index in [-0.39, 0.29) is 17.3 Å². The molecule has 1 saturated carbocycles. The lowest BCUT2D eigenvalue weighted by Gasteiger charge is -2.00. The predicted molar refractivity (Wildman–Crippen MR) is 48.3 cm³/mol. The monoisotopic (exact) mass is 210 g/mol. The first-order valence-electron chi connectivity index (χ1n) is 3.90. The molecule has 0 heterocycles. The summed E-state index contributed by atoms with van der Waals surface area (Å²) in [6, 6.07) is 0. The fourth-order valence-corrected chi connectivity index (χ4v) is 2.16. The van der Waals surface area contributed by atoms with Gasteiger partial charge >= 0.3 is 5.97 Å². The Morgan fingerprint density at radius 2 is 1.92 bits per heavy atom. The number of hydrogen-bond donors (Lipinski definition) is 0. The molecule has 0 radical (unpaired) electrons. The lowest BCUT2D eigenvalue weighted by molar-refractivity contribution is -0.145. The van der Waals surface area contributed by atoms with Gasteiger partial charge in [-0.1, -0.05) is 13.8 Å². The average molecular weight is 211 g/mol. The van der Waals surface area contributed by atoms with E-state index in [1.165, 1.54) is 0 Å². The van der Waals surface area contributed by atoms with Crippen LogP contribution in [0.25, 0.3) is 0 Å². The smallest absolute Gasteiger partial charge is 0.312 e. The second-order valence-electron chi connectivity index (χ2n) is 3.53. The third-order valence-electron chi connectivity index (χ3n) is 2.38. The SMILES string of the molecule is CCOC(=O)[C@H]1C(C)(C)C1(Cl)Cl. The molecule has 1 rings (SSSR count). The van der Waals surface area contributed by atoms with E-state index in [1.54, 1.807) is 6.92 Å². The second-order valence-corrected chi connectivity index (χ2v) is 4.92. The molecule has 2 nitrogen and oxygen atoms in total. The summed E-state index contributed by atoms with van der Waals surface area (Å²) in [5, 5.41) is 0. The Kier molecular flexibility index (Phi) is 2.34. The summed E-state index contributed by atoms with van der Waals surface area (Å²) < 4.78 is 3.88. The molecule has 0 N–H and O–H groups in total. The van der Waals surface area contributed by atoms with Gasteiger partial charge in [0.05, 0.1) is 12.5 Å². The van der Waals surface area contributed by atoms with Gasteiger partial charge in [0.2, 0.25) is 0 Å². The van der Waals surface area contributed by atoms with Gasteiger partial charge in [-0.25, -0.2) is 0 Å². The van der Waals surface area contributed by atoms with Gasteiger partial charge in [0.15, 0.2) is 0 Å². The Labute approximate surface area is 82.2 Å². The molecule has 0 aromatic carbocycles. The number of carbonyl (C=O) groups is 1. The van der Waals surface area contributed by atoms with E-state index in [9.17, 15) is 4.79 Å². The fraction of sp³-hybridized carbons (Fsp3) is 0.875. The van der Waals surface area contributed by atoms with Crippen molar-refractivity contribution < 1.29 is 9.53 Å². The highest BCUT2D eigenvalue weighted by Crippen LogP contribution is 2.68. The van der Waals surface area contributed by atoms with Crippen LogP contribution >= 0.6 is 23.2 Å². The molecule has 0 aliphatic heterocycles. The van der Waals surface area contributed by atoms with E-state index in [2.05, 4.69) is 0 Å². The molecule has 12 heavy (non-hydrogen) atoms. The minimum atomic E-state index is -0.945. The van der Waals surface area contributed by atoms with Crippen LogP contribution in [0.3, 0.4) is 0 Å². The van der Waals surface area contributed by atoms with Crippen LogP contribution in [-0.4, -0.2) is 16.9 Å². The summed E-state index contributed by atoms with van der Waals surface area (Å²) in [6.07, 6.45) is 0. The van der Waals surface area contributed by atoms with Gasteiger partial charge in [0, 0.05) is 5.41 Å².